The Labute approximate surface area is 182 Å². The fraction of sp³-hybridized carbons (Fsp3) is 0.619. The smallest absolute Gasteiger partial charge is 0.272 e. The summed E-state index contributed by atoms with van der Waals surface area (Å²) in [6.45, 7) is 8.71. The predicted molar refractivity (Wildman–Crippen MR) is 117 cm³/mol. The van der Waals surface area contributed by atoms with E-state index >= 15 is 0 Å². The highest BCUT2D eigenvalue weighted by Crippen LogP contribution is 2.42. The van der Waals surface area contributed by atoms with E-state index in [2.05, 4.69) is 25.9 Å². The van der Waals surface area contributed by atoms with Gasteiger partial charge in [-0.15, -0.1) is 11.3 Å². The van der Waals surface area contributed by atoms with Crippen molar-refractivity contribution in [2.24, 2.45) is 12.5 Å². The molecule has 30 heavy (non-hydrogen) atoms. The maximum absolute atomic E-state index is 13.2. The van der Waals surface area contributed by atoms with Gasteiger partial charge < -0.3 is 4.90 Å². The molecule has 9 heteroatoms. The second kappa shape index (κ2) is 7.46. The fourth-order valence-corrected chi connectivity index (χ4v) is 7.04. The Balaban J connectivity index is 1.43. The number of piperidine rings is 1. The lowest BCUT2D eigenvalue weighted by atomic mass is 9.78. The van der Waals surface area contributed by atoms with Crippen LogP contribution >= 0.6 is 11.3 Å². The van der Waals surface area contributed by atoms with Crippen LogP contribution in [0.4, 0.5) is 0 Å². The molecule has 4 heterocycles. The Morgan fingerprint density at radius 2 is 1.83 bits per heavy atom. The van der Waals surface area contributed by atoms with E-state index in [0.29, 0.717) is 36.1 Å². The highest BCUT2D eigenvalue weighted by atomic mass is 32.2. The first-order valence-electron chi connectivity index (χ1n) is 10.4. The molecule has 7 nitrogen and oxygen atoms in total. The first-order valence-corrected chi connectivity index (χ1v) is 12.7. The van der Waals surface area contributed by atoms with Gasteiger partial charge in [0.15, 0.2) is 0 Å². The van der Waals surface area contributed by atoms with E-state index in [0.717, 1.165) is 25.0 Å². The second-order valence-electron chi connectivity index (χ2n) is 9.60. The van der Waals surface area contributed by atoms with E-state index in [1.807, 2.05) is 18.0 Å². The topological polar surface area (TPSA) is 75.5 Å². The lowest BCUT2D eigenvalue weighted by Crippen LogP contribution is -2.44. The number of thiophene rings is 1. The Bertz CT molecular complexity index is 1030. The minimum absolute atomic E-state index is 0.0164. The van der Waals surface area contributed by atoms with Crippen molar-refractivity contribution < 1.29 is 13.2 Å². The Hall–Kier alpha value is -1.71. The normalized spacial score (nSPS) is 20.2. The molecule has 0 aliphatic carbocycles. The van der Waals surface area contributed by atoms with Gasteiger partial charge in [-0.05, 0) is 42.2 Å². The van der Waals surface area contributed by atoms with Gasteiger partial charge in [0.05, 0.1) is 5.69 Å². The fourth-order valence-electron chi connectivity index (χ4n) is 4.45. The standard InChI is InChI=1S/C21H30N4O3S2/c1-20(2,3)17-14-16(23(4)22-17)19(26)24-10-7-21(15-24)8-11-25(12-9-21)30(27,28)18-6-5-13-29-18/h5-6,13-14H,7-12,15H2,1-4H3. The molecule has 2 aliphatic rings. The van der Waals surface area contributed by atoms with Crippen LogP contribution in [-0.2, 0) is 22.5 Å². The molecule has 1 spiro atoms. The van der Waals surface area contributed by atoms with Crippen LogP contribution < -0.4 is 0 Å². The summed E-state index contributed by atoms with van der Waals surface area (Å²) in [5, 5.41) is 6.33. The highest BCUT2D eigenvalue weighted by molar-refractivity contribution is 7.91. The van der Waals surface area contributed by atoms with Crippen LogP contribution in [0.5, 0.6) is 0 Å². The van der Waals surface area contributed by atoms with Gasteiger partial charge in [-0.2, -0.15) is 9.40 Å². The van der Waals surface area contributed by atoms with Crippen LogP contribution in [0.15, 0.2) is 27.8 Å². The Morgan fingerprint density at radius 1 is 1.17 bits per heavy atom. The molecule has 0 saturated carbocycles. The SMILES string of the molecule is Cn1nc(C(C)(C)C)cc1C(=O)N1CCC2(CCN(S(=O)(=O)c3cccs3)CC2)C1. The maximum Gasteiger partial charge on any atom is 0.272 e. The van der Waals surface area contributed by atoms with Crippen molar-refractivity contribution in [3.05, 3.63) is 35.0 Å². The van der Waals surface area contributed by atoms with E-state index in [1.54, 1.807) is 26.5 Å². The number of likely N-dealkylation sites (tertiary alicyclic amines) is 1. The lowest BCUT2D eigenvalue weighted by Gasteiger charge is -2.38. The Kier molecular flexibility index (Phi) is 5.35. The third kappa shape index (κ3) is 3.83. The first kappa shape index (κ1) is 21.5. The largest absolute Gasteiger partial charge is 0.337 e. The number of hydrogen-bond acceptors (Lipinski definition) is 5. The zero-order valence-electron chi connectivity index (χ0n) is 18.1. The van der Waals surface area contributed by atoms with Crippen molar-refractivity contribution in [3.63, 3.8) is 0 Å². The van der Waals surface area contributed by atoms with E-state index in [4.69, 9.17) is 0 Å². The van der Waals surface area contributed by atoms with E-state index in [1.165, 1.54) is 11.3 Å². The van der Waals surface area contributed by atoms with Gasteiger partial charge >= 0.3 is 0 Å². The molecule has 2 aromatic rings. The van der Waals surface area contributed by atoms with E-state index < -0.39 is 10.0 Å². The maximum atomic E-state index is 13.2. The van der Waals surface area contributed by atoms with Gasteiger partial charge in [0, 0.05) is 38.6 Å². The molecule has 0 bridgehead atoms. The average Bonchev–Trinajstić information content (AvgIpc) is 3.41. The van der Waals surface area contributed by atoms with Gasteiger partial charge in [-0.1, -0.05) is 26.8 Å². The number of aromatic nitrogens is 2. The van der Waals surface area contributed by atoms with Crippen molar-refractivity contribution in [2.45, 2.75) is 49.7 Å². The van der Waals surface area contributed by atoms with Crippen LogP contribution in [-0.4, -0.2) is 59.5 Å². The van der Waals surface area contributed by atoms with Crippen LogP contribution in [0.3, 0.4) is 0 Å². The summed E-state index contributed by atoms with van der Waals surface area (Å²) >= 11 is 1.26. The molecule has 0 aromatic carbocycles. The molecule has 0 N–H and O–H groups in total. The summed E-state index contributed by atoms with van der Waals surface area (Å²) in [7, 11) is -1.57. The number of aryl methyl sites for hydroxylation is 1. The van der Waals surface area contributed by atoms with Crippen LogP contribution in [0.1, 0.15) is 56.2 Å². The number of sulfonamides is 1. The van der Waals surface area contributed by atoms with Crippen LogP contribution in [0.2, 0.25) is 0 Å². The van der Waals surface area contributed by atoms with Crippen molar-refractivity contribution in [2.75, 3.05) is 26.2 Å². The summed E-state index contributed by atoms with van der Waals surface area (Å²) in [5.41, 5.74) is 1.44. The number of rotatable bonds is 3. The van der Waals surface area contributed by atoms with Crippen molar-refractivity contribution in [1.82, 2.24) is 19.0 Å². The van der Waals surface area contributed by atoms with Gasteiger partial charge in [0.2, 0.25) is 0 Å². The summed E-state index contributed by atoms with van der Waals surface area (Å²) < 4.78 is 29.3. The number of carbonyl (C=O) groups excluding carboxylic acids is 1. The molecule has 0 radical (unpaired) electrons. The number of carbonyl (C=O) groups is 1. The molecule has 164 valence electrons. The highest BCUT2D eigenvalue weighted by Gasteiger charge is 2.44. The zero-order chi connectivity index (χ0) is 21.7. The van der Waals surface area contributed by atoms with Gasteiger partial charge in [0.1, 0.15) is 9.90 Å². The van der Waals surface area contributed by atoms with E-state index in [9.17, 15) is 13.2 Å². The monoisotopic (exact) mass is 450 g/mol. The molecule has 2 saturated heterocycles. The molecule has 2 fully saturated rings. The lowest BCUT2D eigenvalue weighted by molar-refractivity contribution is 0.0740. The van der Waals surface area contributed by atoms with Gasteiger partial charge in [-0.25, -0.2) is 8.42 Å². The molecule has 1 amide bonds. The van der Waals surface area contributed by atoms with Crippen LogP contribution in [0.25, 0.3) is 0 Å². The van der Waals surface area contributed by atoms with Crippen LogP contribution in [0, 0.1) is 5.41 Å². The summed E-state index contributed by atoms with van der Waals surface area (Å²) in [5.74, 6) is 0.0195. The number of hydrogen-bond donors (Lipinski definition) is 0. The predicted octanol–water partition coefficient (Wildman–Crippen LogP) is 3.10. The van der Waals surface area contributed by atoms with Gasteiger partial charge in [-0.3, -0.25) is 9.48 Å². The minimum atomic E-state index is -3.39. The molecular weight excluding hydrogens is 420 g/mol. The molecule has 2 aliphatic heterocycles. The summed E-state index contributed by atoms with van der Waals surface area (Å²) in [4.78, 5) is 15.1. The first-order chi connectivity index (χ1) is 14.0. The minimum Gasteiger partial charge on any atom is -0.337 e. The number of nitrogens with zero attached hydrogens (tertiary/aromatic N) is 4. The quantitative estimate of drug-likeness (QED) is 0.720. The molecule has 2 aromatic heterocycles. The molecule has 0 atom stereocenters. The molecule has 0 unspecified atom stereocenters. The van der Waals surface area contributed by atoms with Crippen molar-refractivity contribution >= 4 is 27.3 Å². The second-order valence-corrected chi connectivity index (χ2v) is 12.7. The third-order valence-corrected chi connectivity index (χ3v) is 9.74. The molecule has 4 rings (SSSR count). The summed E-state index contributed by atoms with van der Waals surface area (Å²) in [6.07, 6.45) is 2.51. The third-order valence-electron chi connectivity index (χ3n) is 6.47. The van der Waals surface area contributed by atoms with Gasteiger partial charge in [0.25, 0.3) is 15.9 Å². The Morgan fingerprint density at radius 3 is 2.40 bits per heavy atom. The summed E-state index contributed by atoms with van der Waals surface area (Å²) in [6, 6.07) is 5.34. The number of amides is 1. The van der Waals surface area contributed by atoms with Crippen molar-refractivity contribution in [1.29, 1.82) is 0 Å². The zero-order valence-corrected chi connectivity index (χ0v) is 19.7. The molecular formula is C21H30N4O3S2. The van der Waals surface area contributed by atoms with Crippen molar-refractivity contribution in [3.8, 4) is 0 Å². The van der Waals surface area contributed by atoms with E-state index in [-0.39, 0.29) is 16.7 Å². The average molecular weight is 451 g/mol.